The van der Waals surface area contributed by atoms with Crippen LogP contribution in [-0.2, 0) is 4.79 Å². The number of nitrogens with zero attached hydrogens (tertiary/aromatic N) is 3. The largest absolute Gasteiger partial charge is 0.401 e. The van der Waals surface area contributed by atoms with Gasteiger partial charge in [-0.3, -0.25) is 19.6 Å². The molecule has 5 nitrogen and oxygen atoms in total. The van der Waals surface area contributed by atoms with Crippen molar-refractivity contribution in [3.05, 3.63) is 36.5 Å². The van der Waals surface area contributed by atoms with E-state index < -0.39 is 12.7 Å². The molecule has 3 rings (SSSR count). The Morgan fingerprint density at radius 2 is 1.80 bits per heavy atom. The van der Waals surface area contributed by atoms with Crippen LogP contribution in [0, 0.1) is 0 Å². The molecule has 0 unspecified atom stereocenters. The Morgan fingerprint density at radius 1 is 1.08 bits per heavy atom. The summed E-state index contributed by atoms with van der Waals surface area (Å²) in [6.07, 6.45) is -2.49. The van der Waals surface area contributed by atoms with Gasteiger partial charge in [0.15, 0.2) is 0 Å². The number of piperazine rings is 1. The SMILES string of the molecule is O=C(CN1CCN(CC(F)(F)F)CC1)Nc1cccc2ncccc12. The summed E-state index contributed by atoms with van der Waals surface area (Å²) in [5, 5.41) is 3.72. The van der Waals surface area contributed by atoms with Gasteiger partial charge >= 0.3 is 6.18 Å². The van der Waals surface area contributed by atoms with Crippen LogP contribution in [0.1, 0.15) is 0 Å². The van der Waals surface area contributed by atoms with Crippen molar-refractivity contribution in [1.82, 2.24) is 14.8 Å². The molecule has 0 atom stereocenters. The molecule has 1 aromatic heterocycles. The Balaban J connectivity index is 1.53. The van der Waals surface area contributed by atoms with Crippen molar-refractivity contribution >= 4 is 22.5 Å². The number of nitrogens with one attached hydrogen (secondary N) is 1. The molecule has 1 aliphatic rings. The second-order valence-electron chi connectivity index (χ2n) is 6.09. The Morgan fingerprint density at radius 3 is 2.52 bits per heavy atom. The molecule has 0 bridgehead atoms. The summed E-state index contributed by atoms with van der Waals surface area (Å²) in [6, 6.07) is 9.18. The zero-order valence-electron chi connectivity index (χ0n) is 13.6. The summed E-state index contributed by atoms with van der Waals surface area (Å²) >= 11 is 0. The first-order valence-electron chi connectivity index (χ1n) is 8.06. The fourth-order valence-electron chi connectivity index (χ4n) is 2.96. The van der Waals surface area contributed by atoms with Gasteiger partial charge < -0.3 is 5.32 Å². The highest BCUT2D eigenvalue weighted by Gasteiger charge is 2.32. The molecular formula is C17H19F3N4O. The topological polar surface area (TPSA) is 48.5 Å². The molecular weight excluding hydrogens is 333 g/mol. The highest BCUT2D eigenvalue weighted by molar-refractivity contribution is 6.01. The number of rotatable bonds is 4. The van der Waals surface area contributed by atoms with Crippen molar-refractivity contribution in [3.63, 3.8) is 0 Å². The molecule has 8 heteroatoms. The first-order chi connectivity index (χ1) is 11.9. The van der Waals surface area contributed by atoms with Gasteiger partial charge in [-0.2, -0.15) is 13.2 Å². The Bertz CT molecular complexity index is 737. The van der Waals surface area contributed by atoms with E-state index in [0.717, 1.165) is 10.9 Å². The van der Waals surface area contributed by atoms with Gasteiger partial charge in [-0.1, -0.05) is 6.07 Å². The summed E-state index contributed by atoms with van der Waals surface area (Å²) in [5.74, 6) is -0.180. The molecule has 25 heavy (non-hydrogen) atoms. The monoisotopic (exact) mass is 352 g/mol. The molecule has 0 spiro atoms. The van der Waals surface area contributed by atoms with Crippen molar-refractivity contribution in [3.8, 4) is 0 Å². The van der Waals surface area contributed by atoms with E-state index in [9.17, 15) is 18.0 Å². The van der Waals surface area contributed by atoms with Crippen LogP contribution in [-0.4, -0.2) is 66.1 Å². The predicted octanol–water partition coefficient (Wildman–Crippen LogP) is 2.35. The predicted molar refractivity (Wildman–Crippen MR) is 89.3 cm³/mol. The van der Waals surface area contributed by atoms with E-state index in [4.69, 9.17) is 0 Å². The van der Waals surface area contributed by atoms with Crippen molar-refractivity contribution in [2.45, 2.75) is 6.18 Å². The van der Waals surface area contributed by atoms with E-state index in [-0.39, 0.29) is 12.5 Å². The van der Waals surface area contributed by atoms with Crippen LogP contribution in [0.2, 0.25) is 0 Å². The minimum Gasteiger partial charge on any atom is -0.324 e. The van der Waals surface area contributed by atoms with Gasteiger partial charge in [0, 0.05) is 37.8 Å². The van der Waals surface area contributed by atoms with Gasteiger partial charge in [0.25, 0.3) is 0 Å². The van der Waals surface area contributed by atoms with Gasteiger partial charge in [-0.15, -0.1) is 0 Å². The van der Waals surface area contributed by atoms with E-state index in [0.29, 0.717) is 31.9 Å². The number of carbonyl (C=O) groups excluding carboxylic acids is 1. The van der Waals surface area contributed by atoms with Crippen molar-refractivity contribution in [2.24, 2.45) is 0 Å². The highest BCUT2D eigenvalue weighted by atomic mass is 19.4. The van der Waals surface area contributed by atoms with E-state index in [1.807, 2.05) is 29.2 Å². The molecule has 1 aromatic carbocycles. The van der Waals surface area contributed by atoms with Crippen LogP contribution in [0.4, 0.5) is 18.9 Å². The van der Waals surface area contributed by atoms with Gasteiger partial charge in [0.2, 0.25) is 5.91 Å². The number of benzene rings is 1. The van der Waals surface area contributed by atoms with Crippen molar-refractivity contribution < 1.29 is 18.0 Å². The first kappa shape index (κ1) is 17.6. The number of carbonyl (C=O) groups is 1. The Hall–Kier alpha value is -2.19. The third-order valence-corrected chi connectivity index (χ3v) is 4.15. The number of hydrogen-bond donors (Lipinski definition) is 1. The molecule has 1 aliphatic heterocycles. The molecule has 0 aliphatic carbocycles. The van der Waals surface area contributed by atoms with Crippen LogP contribution in [0.15, 0.2) is 36.5 Å². The third kappa shape index (κ3) is 4.90. The van der Waals surface area contributed by atoms with E-state index in [2.05, 4.69) is 10.3 Å². The molecule has 2 aromatic rings. The number of anilines is 1. The number of alkyl halides is 3. The number of halogens is 3. The van der Waals surface area contributed by atoms with Gasteiger partial charge in [0.05, 0.1) is 24.3 Å². The van der Waals surface area contributed by atoms with Crippen molar-refractivity contribution in [1.29, 1.82) is 0 Å². The van der Waals surface area contributed by atoms with Crippen LogP contribution in [0.5, 0.6) is 0 Å². The maximum atomic E-state index is 12.4. The normalized spacial score (nSPS) is 16.9. The summed E-state index contributed by atoms with van der Waals surface area (Å²) in [6.45, 7) is 0.781. The van der Waals surface area contributed by atoms with Gasteiger partial charge in [-0.05, 0) is 24.3 Å². The highest BCUT2D eigenvalue weighted by Crippen LogP contribution is 2.21. The summed E-state index contributed by atoms with van der Waals surface area (Å²) < 4.78 is 37.2. The molecule has 1 saturated heterocycles. The maximum absolute atomic E-state index is 12.4. The molecule has 0 saturated carbocycles. The summed E-state index contributed by atoms with van der Waals surface area (Å²) in [5.41, 5.74) is 1.48. The average molecular weight is 352 g/mol. The zero-order chi connectivity index (χ0) is 17.9. The van der Waals surface area contributed by atoms with E-state index in [1.165, 1.54) is 4.90 Å². The smallest absolute Gasteiger partial charge is 0.324 e. The summed E-state index contributed by atoms with van der Waals surface area (Å²) in [4.78, 5) is 19.7. The van der Waals surface area contributed by atoms with Crippen molar-refractivity contribution in [2.75, 3.05) is 44.6 Å². The number of amides is 1. The zero-order valence-corrected chi connectivity index (χ0v) is 13.6. The number of hydrogen-bond acceptors (Lipinski definition) is 4. The van der Waals surface area contributed by atoms with Gasteiger partial charge in [-0.25, -0.2) is 0 Å². The molecule has 1 fully saturated rings. The lowest BCUT2D eigenvalue weighted by atomic mass is 10.2. The number of pyridine rings is 1. The fourth-order valence-corrected chi connectivity index (χ4v) is 2.96. The maximum Gasteiger partial charge on any atom is 0.401 e. The number of fused-ring (bicyclic) bond motifs is 1. The molecule has 0 radical (unpaired) electrons. The lowest BCUT2D eigenvalue weighted by molar-refractivity contribution is -0.149. The Labute approximate surface area is 143 Å². The van der Waals surface area contributed by atoms with Gasteiger partial charge in [0.1, 0.15) is 0 Å². The second kappa shape index (κ2) is 7.37. The molecule has 134 valence electrons. The lowest BCUT2D eigenvalue weighted by Gasteiger charge is -2.34. The standard InChI is InChI=1S/C17H19F3N4O/c18-17(19,20)12-24-9-7-23(8-10-24)11-16(25)22-15-5-1-4-14-13(15)3-2-6-21-14/h1-6H,7-12H2,(H,22,25). The van der Waals surface area contributed by atoms with E-state index >= 15 is 0 Å². The molecule has 1 N–H and O–H groups in total. The molecule has 2 heterocycles. The molecule has 1 amide bonds. The van der Waals surface area contributed by atoms with Crippen LogP contribution < -0.4 is 5.32 Å². The van der Waals surface area contributed by atoms with Crippen LogP contribution >= 0.6 is 0 Å². The lowest BCUT2D eigenvalue weighted by Crippen LogP contribution is -2.50. The summed E-state index contributed by atoms with van der Waals surface area (Å²) in [7, 11) is 0. The quantitative estimate of drug-likeness (QED) is 0.918. The minimum absolute atomic E-state index is 0.163. The first-order valence-corrected chi connectivity index (χ1v) is 8.06. The number of aromatic nitrogens is 1. The average Bonchev–Trinajstić information content (AvgIpc) is 2.56. The van der Waals surface area contributed by atoms with Crippen LogP contribution in [0.25, 0.3) is 10.9 Å². The van der Waals surface area contributed by atoms with Crippen LogP contribution in [0.3, 0.4) is 0 Å². The fraction of sp³-hybridized carbons (Fsp3) is 0.412. The second-order valence-corrected chi connectivity index (χ2v) is 6.09. The third-order valence-electron chi connectivity index (χ3n) is 4.15. The minimum atomic E-state index is -4.18. The Kier molecular flexibility index (Phi) is 5.19. The van der Waals surface area contributed by atoms with E-state index in [1.54, 1.807) is 12.3 Å².